The van der Waals surface area contributed by atoms with E-state index in [2.05, 4.69) is 40.7 Å². The molecule has 4 aliphatic carbocycles. The Morgan fingerprint density at radius 1 is 1.03 bits per heavy atom. The molecule has 1 nitrogen and oxygen atoms in total. The molecule has 0 aliphatic heterocycles. The van der Waals surface area contributed by atoms with Crippen LogP contribution < -0.4 is 0 Å². The number of alkyl halides is 1. The van der Waals surface area contributed by atoms with Gasteiger partial charge in [0.2, 0.25) is 5.12 Å². The maximum atomic E-state index is 12.7. The molecule has 0 N–H and O–H groups in total. The van der Waals surface area contributed by atoms with Crippen molar-refractivity contribution in [2.45, 2.75) is 142 Å². The number of unbranched alkanes of at least 4 members (excludes halogenated alkanes) is 5. The zero-order chi connectivity index (χ0) is 25.2. The van der Waals surface area contributed by atoms with Gasteiger partial charge in [0.05, 0.1) is 0 Å². The fraction of sp³-hybridized carbons (Fsp3) is 0.906. The van der Waals surface area contributed by atoms with Gasteiger partial charge in [-0.2, -0.15) is 0 Å². The molecule has 8 atom stereocenters. The van der Waals surface area contributed by atoms with Crippen molar-refractivity contribution in [1.82, 2.24) is 0 Å². The molecule has 4 rings (SSSR count). The van der Waals surface area contributed by atoms with E-state index in [1.165, 1.54) is 89.9 Å². The molecule has 3 fully saturated rings. The average molecular weight is 521 g/mol. The first kappa shape index (κ1) is 28.1. The molecule has 3 heteroatoms. The fourth-order valence-electron chi connectivity index (χ4n) is 8.98. The Morgan fingerprint density at radius 3 is 2.51 bits per heavy atom. The standard InChI is InChI=1S/C32H53ClOS/c1-6-7-8-9-10-11-12-23-14-16-27-26-15-13-24-21-25(35-30(34)29(33)22(2)3)17-19-32(24,5)28(26)18-20-31(23,27)4/h13,22-23,25-29H,6-12,14-21H2,1-5H3/t23-,25+,26-,27+,28-,29-,31-,32+/m1/s1. The second kappa shape index (κ2) is 11.8. The van der Waals surface area contributed by atoms with Gasteiger partial charge in [-0.3, -0.25) is 4.79 Å². The highest BCUT2D eigenvalue weighted by Gasteiger charge is 2.58. The Morgan fingerprint density at radius 2 is 1.77 bits per heavy atom. The molecule has 0 saturated heterocycles. The minimum absolute atomic E-state index is 0.195. The summed E-state index contributed by atoms with van der Waals surface area (Å²) in [5, 5.41) is 0.279. The third kappa shape index (κ3) is 5.74. The molecular weight excluding hydrogens is 468 g/mol. The second-order valence-corrected chi connectivity index (χ2v) is 15.4. The summed E-state index contributed by atoms with van der Waals surface area (Å²) >= 11 is 7.95. The van der Waals surface area contributed by atoms with Gasteiger partial charge < -0.3 is 0 Å². The van der Waals surface area contributed by atoms with Crippen LogP contribution in [0.5, 0.6) is 0 Å². The van der Waals surface area contributed by atoms with Crippen molar-refractivity contribution < 1.29 is 4.79 Å². The lowest BCUT2D eigenvalue weighted by molar-refractivity contribution is -0.111. The van der Waals surface area contributed by atoms with Crippen LogP contribution in [0.15, 0.2) is 11.6 Å². The van der Waals surface area contributed by atoms with Crippen LogP contribution in [-0.2, 0) is 4.79 Å². The number of hydrogen-bond acceptors (Lipinski definition) is 2. The first-order valence-corrected chi connectivity index (χ1v) is 16.6. The highest BCUT2D eigenvalue weighted by Crippen LogP contribution is 2.67. The van der Waals surface area contributed by atoms with Crippen LogP contribution in [0.1, 0.15) is 131 Å². The van der Waals surface area contributed by atoms with Gasteiger partial charge in [-0.05, 0) is 98.2 Å². The lowest BCUT2D eigenvalue weighted by atomic mass is 9.47. The monoisotopic (exact) mass is 520 g/mol. The van der Waals surface area contributed by atoms with Crippen LogP contribution in [0, 0.1) is 40.4 Å². The number of halogens is 1. The Balaban J connectivity index is 1.36. The first-order valence-electron chi connectivity index (χ1n) is 15.2. The molecule has 0 bridgehead atoms. The highest BCUT2D eigenvalue weighted by atomic mass is 35.5. The Labute approximate surface area is 226 Å². The van der Waals surface area contributed by atoms with Gasteiger partial charge in [-0.1, -0.05) is 96.6 Å². The minimum Gasteiger partial charge on any atom is -0.286 e. The zero-order valence-electron chi connectivity index (χ0n) is 23.4. The number of hydrogen-bond donors (Lipinski definition) is 0. The van der Waals surface area contributed by atoms with E-state index >= 15 is 0 Å². The third-order valence-electron chi connectivity index (χ3n) is 11.3. The molecule has 0 spiro atoms. The normalized spacial score (nSPS) is 39.5. The van der Waals surface area contributed by atoms with Crippen LogP contribution in [0.4, 0.5) is 0 Å². The van der Waals surface area contributed by atoms with Gasteiger partial charge in [0.25, 0.3) is 0 Å². The molecular formula is C32H53ClOS. The number of thioether (sulfide) groups is 1. The topological polar surface area (TPSA) is 17.1 Å². The summed E-state index contributed by atoms with van der Waals surface area (Å²) in [7, 11) is 0. The van der Waals surface area contributed by atoms with Crippen LogP contribution in [0.2, 0.25) is 0 Å². The zero-order valence-corrected chi connectivity index (χ0v) is 25.0. The Hall–Kier alpha value is 0.0500. The molecule has 0 heterocycles. The third-order valence-corrected chi connectivity index (χ3v) is 13.3. The molecule has 0 aromatic carbocycles. The van der Waals surface area contributed by atoms with E-state index in [9.17, 15) is 4.79 Å². The predicted molar refractivity (Wildman–Crippen MR) is 154 cm³/mol. The van der Waals surface area contributed by atoms with Crippen molar-refractivity contribution >= 4 is 28.5 Å². The van der Waals surface area contributed by atoms with E-state index in [0.717, 1.165) is 30.1 Å². The van der Waals surface area contributed by atoms with E-state index in [1.54, 1.807) is 17.3 Å². The van der Waals surface area contributed by atoms with Crippen LogP contribution >= 0.6 is 23.4 Å². The number of carbonyl (C=O) groups is 1. The van der Waals surface area contributed by atoms with Crippen molar-refractivity contribution in [3.05, 3.63) is 11.6 Å². The summed E-state index contributed by atoms with van der Waals surface area (Å²) in [6.45, 7) is 11.7. The summed E-state index contributed by atoms with van der Waals surface area (Å²) in [4.78, 5) is 12.7. The van der Waals surface area contributed by atoms with E-state index in [4.69, 9.17) is 11.6 Å². The molecule has 0 aromatic heterocycles. The number of carbonyl (C=O) groups excluding carboxylic acids is 1. The van der Waals surface area contributed by atoms with Crippen LogP contribution in [0.25, 0.3) is 0 Å². The van der Waals surface area contributed by atoms with Gasteiger partial charge in [-0.15, -0.1) is 11.6 Å². The Kier molecular flexibility index (Phi) is 9.49. The summed E-state index contributed by atoms with van der Waals surface area (Å²) in [5.41, 5.74) is 2.66. The summed E-state index contributed by atoms with van der Waals surface area (Å²) in [5.74, 6) is 3.90. The van der Waals surface area contributed by atoms with Crippen LogP contribution in [0.3, 0.4) is 0 Å². The number of rotatable bonds is 10. The maximum Gasteiger partial charge on any atom is 0.207 e. The lowest BCUT2D eigenvalue weighted by Gasteiger charge is -2.58. The number of allylic oxidation sites excluding steroid dienone is 2. The molecule has 0 radical (unpaired) electrons. The van der Waals surface area contributed by atoms with Gasteiger partial charge in [0, 0.05) is 5.25 Å². The predicted octanol–water partition coefficient (Wildman–Crippen LogP) is 10.2. The first-order chi connectivity index (χ1) is 16.7. The SMILES string of the molecule is CCCCCCCC[C@@H]1CC[C@H]2[C@H]3CC=C4C[C@@H](SC(=O)[C@H](Cl)C(C)C)CC[C@]4(C)[C@@H]3CC[C@]12C. The molecule has 0 amide bonds. The van der Waals surface area contributed by atoms with E-state index in [-0.39, 0.29) is 16.4 Å². The van der Waals surface area contributed by atoms with Gasteiger partial charge in [0.1, 0.15) is 5.38 Å². The molecule has 0 aromatic rings. The van der Waals surface area contributed by atoms with E-state index in [1.807, 2.05) is 0 Å². The largest absolute Gasteiger partial charge is 0.286 e. The average Bonchev–Trinajstić information content (AvgIpc) is 3.17. The van der Waals surface area contributed by atoms with E-state index in [0.29, 0.717) is 16.1 Å². The quantitative estimate of drug-likeness (QED) is 0.162. The van der Waals surface area contributed by atoms with Gasteiger partial charge >= 0.3 is 0 Å². The molecule has 3 saturated carbocycles. The summed E-state index contributed by atoms with van der Waals surface area (Å²) < 4.78 is 0. The molecule has 35 heavy (non-hydrogen) atoms. The molecule has 0 unspecified atom stereocenters. The maximum absolute atomic E-state index is 12.7. The fourth-order valence-corrected chi connectivity index (χ4v) is 10.4. The molecule has 4 aliphatic rings. The summed E-state index contributed by atoms with van der Waals surface area (Å²) in [6.07, 6.45) is 23.4. The minimum atomic E-state index is -0.347. The summed E-state index contributed by atoms with van der Waals surface area (Å²) in [6, 6.07) is 0. The second-order valence-electron chi connectivity index (χ2n) is 13.6. The van der Waals surface area contributed by atoms with Crippen molar-refractivity contribution in [1.29, 1.82) is 0 Å². The van der Waals surface area contributed by atoms with Crippen LogP contribution in [-0.4, -0.2) is 15.7 Å². The van der Waals surface area contributed by atoms with Crippen molar-refractivity contribution in [3.8, 4) is 0 Å². The van der Waals surface area contributed by atoms with E-state index < -0.39 is 0 Å². The lowest BCUT2D eigenvalue weighted by Crippen LogP contribution is -2.50. The molecule has 200 valence electrons. The van der Waals surface area contributed by atoms with Gasteiger partial charge in [-0.25, -0.2) is 0 Å². The number of fused-ring (bicyclic) bond motifs is 5. The van der Waals surface area contributed by atoms with Crippen molar-refractivity contribution in [2.24, 2.45) is 40.4 Å². The van der Waals surface area contributed by atoms with Crippen molar-refractivity contribution in [3.63, 3.8) is 0 Å². The van der Waals surface area contributed by atoms with Crippen molar-refractivity contribution in [2.75, 3.05) is 0 Å². The Bertz CT molecular complexity index is 761. The van der Waals surface area contributed by atoms with Gasteiger partial charge in [0.15, 0.2) is 0 Å². The smallest absolute Gasteiger partial charge is 0.207 e. The highest BCUT2D eigenvalue weighted by molar-refractivity contribution is 8.14.